The molecule has 1 aromatic carbocycles. The molecule has 1 aliphatic heterocycles. The van der Waals surface area contributed by atoms with Crippen molar-refractivity contribution in [3.05, 3.63) is 41.2 Å². The Labute approximate surface area is 123 Å². The summed E-state index contributed by atoms with van der Waals surface area (Å²) in [5.41, 5.74) is 1.55. The molecule has 0 saturated heterocycles. The number of nitrogens with one attached hydrogen (secondary N) is 1. The molecule has 1 aliphatic rings. The van der Waals surface area contributed by atoms with Crippen molar-refractivity contribution in [3.8, 4) is 0 Å². The van der Waals surface area contributed by atoms with Crippen LogP contribution in [0.4, 0.5) is 10.1 Å². The average molecular weight is 290 g/mol. The van der Waals surface area contributed by atoms with Crippen LogP contribution in [0.15, 0.2) is 24.3 Å². The molecule has 21 heavy (non-hydrogen) atoms. The van der Waals surface area contributed by atoms with Gasteiger partial charge in [0.05, 0.1) is 11.3 Å². The van der Waals surface area contributed by atoms with Gasteiger partial charge in [0, 0.05) is 19.1 Å². The number of Topliss-reactive ketones (excluding diaryl/α,β-unsaturated/α-hetero) is 1. The zero-order chi connectivity index (χ0) is 15.7. The molecular weight excluding hydrogens is 271 g/mol. The molecule has 0 bridgehead atoms. The highest BCUT2D eigenvalue weighted by Gasteiger charge is 2.38. The molecule has 0 spiro atoms. The molecule has 0 atom stereocenters. The Morgan fingerprint density at radius 2 is 2.05 bits per heavy atom. The van der Waals surface area contributed by atoms with Gasteiger partial charge in [-0.2, -0.15) is 0 Å². The number of hydrogen-bond acceptors (Lipinski definition) is 3. The Bertz CT molecular complexity index is 623. The first-order valence-corrected chi connectivity index (χ1v) is 6.87. The van der Waals surface area contributed by atoms with E-state index in [1.165, 1.54) is 11.0 Å². The predicted molar refractivity (Wildman–Crippen MR) is 80.1 cm³/mol. The van der Waals surface area contributed by atoms with Crippen LogP contribution in [-0.2, 0) is 4.79 Å². The van der Waals surface area contributed by atoms with Gasteiger partial charge in [0.2, 0.25) is 0 Å². The molecule has 0 saturated carbocycles. The number of hydrogen-bond donors (Lipinski definition) is 1. The van der Waals surface area contributed by atoms with E-state index in [-0.39, 0.29) is 23.8 Å². The lowest BCUT2D eigenvalue weighted by Gasteiger charge is -2.19. The third-order valence-corrected chi connectivity index (χ3v) is 3.30. The van der Waals surface area contributed by atoms with Crippen LogP contribution in [0.3, 0.4) is 0 Å². The molecule has 2 rings (SSSR count). The molecule has 1 heterocycles. The zero-order valence-electron chi connectivity index (χ0n) is 12.5. The maximum absolute atomic E-state index is 14.1. The summed E-state index contributed by atoms with van der Waals surface area (Å²) in [5.74, 6) is -1.90. The SMILES string of the molecule is C=C(CNC(C)C)CN1C(=O)C(=O)c2cc(C)cc(F)c21. The lowest BCUT2D eigenvalue weighted by Crippen LogP contribution is -2.35. The van der Waals surface area contributed by atoms with Crippen LogP contribution in [0, 0.1) is 12.7 Å². The van der Waals surface area contributed by atoms with Gasteiger partial charge in [-0.3, -0.25) is 14.5 Å². The summed E-state index contributed by atoms with van der Waals surface area (Å²) in [6, 6.07) is 3.16. The van der Waals surface area contributed by atoms with Crippen molar-refractivity contribution in [3.63, 3.8) is 0 Å². The molecule has 0 unspecified atom stereocenters. The van der Waals surface area contributed by atoms with Crippen molar-refractivity contribution in [1.29, 1.82) is 0 Å². The van der Waals surface area contributed by atoms with Gasteiger partial charge >= 0.3 is 0 Å². The van der Waals surface area contributed by atoms with Crippen LogP contribution in [-0.4, -0.2) is 30.8 Å². The molecule has 1 amide bonds. The summed E-state index contributed by atoms with van der Waals surface area (Å²) in [6.07, 6.45) is 0. The minimum atomic E-state index is -0.694. The van der Waals surface area contributed by atoms with E-state index in [0.29, 0.717) is 12.1 Å². The first-order valence-electron chi connectivity index (χ1n) is 6.87. The molecule has 0 aliphatic carbocycles. The molecule has 0 radical (unpaired) electrons. The van der Waals surface area contributed by atoms with E-state index in [1.54, 1.807) is 13.0 Å². The Hall–Kier alpha value is -2.01. The van der Waals surface area contributed by atoms with Gasteiger partial charge in [-0.05, 0) is 30.2 Å². The number of amides is 1. The second-order valence-corrected chi connectivity index (χ2v) is 5.65. The summed E-state index contributed by atoms with van der Waals surface area (Å²) >= 11 is 0. The van der Waals surface area contributed by atoms with Gasteiger partial charge in [-0.1, -0.05) is 20.4 Å². The maximum Gasteiger partial charge on any atom is 0.299 e. The first-order chi connectivity index (χ1) is 9.81. The second kappa shape index (κ2) is 5.77. The zero-order valence-corrected chi connectivity index (χ0v) is 12.5. The van der Waals surface area contributed by atoms with Gasteiger partial charge in [0.15, 0.2) is 0 Å². The molecular formula is C16H19FN2O2. The minimum Gasteiger partial charge on any atom is -0.311 e. The van der Waals surface area contributed by atoms with Crippen LogP contribution in [0.5, 0.6) is 0 Å². The van der Waals surface area contributed by atoms with Crippen molar-refractivity contribution < 1.29 is 14.0 Å². The topological polar surface area (TPSA) is 49.4 Å². The summed E-state index contributed by atoms with van der Waals surface area (Å²) < 4.78 is 14.1. The Kier molecular flexibility index (Phi) is 4.23. The van der Waals surface area contributed by atoms with E-state index < -0.39 is 17.5 Å². The van der Waals surface area contributed by atoms with Gasteiger partial charge in [-0.15, -0.1) is 0 Å². The van der Waals surface area contributed by atoms with Crippen molar-refractivity contribution in [2.24, 2.45) is 0 Å². The highest BCUT2D eigenvalue weighted by atomic mass is 19.1. The number of nitrogens with zero attached hydrogens (tertiary/aromatic N) is 1. The molecule has 0 aromatic heterocycles. The number of halogens is 1. The molecule has 4 nitrogen and oxygen atoms in total. The Balaban J connectivity index is 2.25. The third kappa shape index (κ3) is 3.03. The standard InChI is InChI=1S/C16H19FN2O2/c1-9(2)18-7-11(4)8-19-14-12(15(20)16(19)21)5-10(3)6-13(14)17/h5-6,9,18H,4,7-8H2,1-3H3. The van der Waals surface area contributed by atoms with Crippen LogP contribution in [0.2, 0.25) is 0 Å². The fourth-order valence-corrected chi connectivity index (χ4v) is 2.30. The minimum absolute atomic E-state index is 0.0706. The Morgan fingerprint density at radius 3 is 2.67 bits per heavy atom. The predicted octanol–water partition coefficient (Wildman–Crippen LogP) is 2.22. The maximum atomic E-state index is 14.1. The number of anilines is 1. The van der Waals surface area contributed by atoms with Crippen molar-refractivity contribution >= 4 is 17.4 Å². The molecule has 5 heteroatoms. The van der Waals surface area contributed by atoms with E-state index >= 15 is 0 Å². The van der Waals surface area contributed by atoms with E-state index in [1.807, 2.05) is 13.8 Å². The van der Waals surface area contributed by atoms with Gasteiger partial charge < -0.3 is 5.32 Å². The largest absolute Gasteiger partial charge is 0.311 e. The summed E-state index contributed by atoms with van der Waals surface area (Å²) in [6.45, 7) is 10.2. The van der Waals surface area contributed by atoms with Crippen LogP contribution in [0.1, 0.15) is 29.8 Å². The highest BCUT2D eigenvalue weighted by molar-refractivity contribution is 6.52. The molecule has 1 N–H and O–H groups in total. The normalized spacial score (nSPS) is 14.0. The summed E-state index contributed by atoms with van der Waals surface area (Å²) in [5, 5.41) is 3.18. The summed E-state index contributed by atoms with van der Waals surface area (Å²) in [4.78, 5) is 25.2. The first kappa shape index (κ1) is 15.4. The number of fused-ring (bicyclic) bond motifs is 1. The van der Waals surface area contributed by atoms with Crippen LogP contribution in [0.25, 0.3) is 0 Å². The van der Waals surface area contributed by atoms with E-state index in [4.69, 9.17) is 0 Å². The van der Waals surface area contributed by atoms with Crippen LogP contribution >= 0.6 is 0 Å². The monoisotopic (exact) mass is 290 g/mol. The van der Waals surface area contributed by atoms with Gasteiger partial charge in [0.25, 0.3) is 11.7 Å². The van der Waals surface area contributed by atoms with E-state index in [9.17, 15) is 14.0 Å². The fraction of sp³-hybridized carbons (Fsp3) is 0.375. The van der Waals surface area contributed by atoms with Crippen molar-refractivity contribution in [2.45, 2.75) is 26.8 Å². The van der Waals surface area contributed by atoms with Crippen molar-refractivity contribution in [2.75, 3.05) is 18.0 Å². The molecule has 112 valence electrons. The lowest BCUT2D eigenvalue weighted by atomic mass is 10.1. The lowest BCUT2D eigenvalue weighted by molar-refractivity contribution is -0.114. The summed E-state index contributed by atoms with van der Waals surface area (Å²) in [7, 11) is 0. The average Bonchev–Trinajstić information content (AvgIpc) is 2.62. The van der Waals surface area contributed by atoms with E-state index in [0.717, 1.165) is 5.57 Å². The fourth-order valence-electron chi connectivity index (χ4n) is 2.30. The molecule has 0 fully saturated rings. The number of benzene rings is 1. The number of ketones is 1. The second-order valence-electron chi connectivity index (χ2n) is 5.65. The van der Waals surface area contributed by atoms with Crippen LogP contribution < -0.4 is 10.2 Å². The number of carbonyl (C=O) groups is 2. The van der Waals surface area contributed by atoms with E-state index in [2.05, 4.69) is 11.9 Å². The highest BCUT2D eigenvalue weighted by Crippen LogP contribution is 2.33. The smallest absolute Gasteiger partial charge is 0.299 e. The van der Waals surface area contributed by atoms with Gasteiger partial charge in [0.1, 0.15) is 5.82 Å². The number of rotatable bonds is 5. The number of aryl methyl sites for hydroxylation is 1. The van der Waals surface area contributed by atoms with Crippen molar-refractivity contribution in [1.82, 2.24) is 5.32 Å². The number of carbonyl (C=O) groups excluding carboxylic acids is 2. The molecule has 1 aromatic rings. The quantitative estimate of drug-likeness (QED) is 0.668. The third-order valence-electron chi connectivity index (χ3n) is 3.30. The van der Waals surface area contributed by atoms with Gasteiger partial charge in [-0.25, -0.2) is 4.39 Å². The Morgan fingerprint density at radius 1 is 1.38 bits per heavy atom.